The average molecular weight is 464 g/mol. The summed E-state index contributed by atoms with van der Waals surface area (Å²) >= 11 is 6.37. The number of hydrogen-bond donors (Lipinski definition) is 2. The zero-order valence-corrected chi connectivity index (χ0v) is 19.1. The van der Waals surface area contributed by atoms with E-state index in [-0.39, 0.29) is 25.1 Å². The minimum atomic E-state index is -0.278. The number of aryl methyl sites for hydroxylation is 1. The van der Waals surface area contributed by atoms with Gasteiger partial charge in [-0.2, -0.15) is 10.4 Å². The van der Waals surface area contributed by atoms with Crippen LogP contribution in [0.3, 0.4) is 0 Å². The highest BCUT2D eigenvalue weighted by Gasteiger charge is 2.46. The number of nitrogens with one attached hydrogen (secondary N) is 1. The first-order valence-corrected chi connectivity index (χ1v) is 11.9. The molecule has 2 N–H and O–H groups in total. The molecule has 1 aliphatic heterocycles. The van der Waals surface area contributed by atoms with Crippen LogP contribution in [-0.4, -0.2) is 40.9 Å². The van der Waals surface area contributed by atoms with Gasteiger partial charge in [-0.3, -0.25) is 9.80 Å². The molecule has 1 amide bonds. The summed E-state index contributed by atoms with van der Waals surface area (Å²) in [5.74, 6) is 0.578. The first-order valence-electron chi connectivity index (χ1n) is 11.6. The molecule has 0 radical (unpaired) electrons. The predicted octanol–water partition coefficient (Wildman–Crippen LogP) is 3.67. The van der Waals surface area contributed by atoms with Crippen LogP contribution in [0.15, 0.2) is 35.4 Å². The Morgan fingerprint density at radius 2 is 2.06 bits per heavy atom. The summed E-state index contributed by atoms with van der Waals surface area (Å²) < 4.78 is 0. The minimum absolute atomic E-state index is 0.104. The molecule has 0 spiro atoms. The number of anilines is 1. The summed E-state index contributed by atoms with van der Waals surface area (Å²) in [6.07, 6.45) is 6.61. The quantitative estimate of drug-likeness (QED) is 0.704. The van der Waals surface area contributed by atoms with E-state index in [1.54, 1.807) is 12.1 Å². The summed E-state index contributed by atoms with van der Waals surface area (Å²) in [6.45, 7) is 0.102. The van der Waals surface area contributed by atoms with Gasteiger partial charge in [-0.25, -0.2) is 4.98 Å². The molecule has 2 unspecified atom stereocenters. The molecule has 33 heavy (non-hydrogen) atoms. The number of carbonyl (C=O) groups excluding carboxylic acids is 1. The first-order chi connectivity index (χ1) is 16.1. The van der Waals surface area contributed by atoms with Crippen molar-refractivity contribution >= 4 is 28.9 Å². The fourth-order valence-electron chi connectivity index (χ4n) is 5.55. The zero-order chi connectivity index (χ0) is 22.9. The lowest BCUT2D eigenvalue weighted by atomic mass is 9.76. The molecule has 1 fully saturated rings. The first kappa shape index (κ1) is 21.9. The zero-order valence-electron chi connectivity index (χ0n) is 18.3. The largest absolute Gasteiger partial charge is 0.395 e. The van der Waals surface area contributed by atoms with Crippen LogP contribution in [0.1, 0.15) is 59.4 Å². The van der Waals surface area contributed by atoms with Crippen LogP contribution in [0, 0.1) is 23.2 Å². The van der Waals surface area contributed by atoms with Crippen molar-refractivity contribution in [3.63, 3.8) is 0 Å². The number of pyridine rings is 1. The van der Waals surface area contributed by atoms with E-state index >= 15 is 0 Å². The van der Waals surface area contributed by atoms with Gasteiger partial charge in [-0.15, -0.1) is 0 Å². The maximum absolute atomic E-state index is 12.3. The molecule has 1 saturated carbocycles. The van der Waals surface area contributed by atoms with Gasteiger partial charge in [0.15, 0.2) is 0 Å². The number of halogens is 1. The van der Waals surface area contributed by atoms with Crippen molar-refractivity contribution in [2.75, 3.05) is 18.2 Å². The number of nitriles is 1. The molecule has 0 saturated heterocycles. The van der Waals surface area contributed by atoms with Gasteiger partial charge in [0.2, 0.25) is 0 Å². The van der Waals surface area contributed by atoms with Crippen molar-refractivity contribution in [1.82, 2.24) is 10.3 Å². The summed E-state index contributed by atoms with van der Waals surface area (Å²) in [4.78, 5) is 16.9. The van der Waals surface area contributed by atoms with Gasteiger partial charge in [0.25, 0.3) is 5.91 Å². The topological polar surface area (TPSA) is 102 Å². The molecule has 7 nitrogen and oxygen atoms in total. The molecule has 3 aliphatic rings. The van der Waals surface area contributed by atoms with Crippen molar-refractivity contribution < 1.29 is 9.90 Å². The lowest BCUT2D eigenvalue weighted by molar-refractivity contribution is 0.0939. The Hall–Kier alpha value is -2.95. The van der Waals surface area contributed by atoms with Crippen LogP contribution in [0.25, 0.3) is 0 Å². The van der Waals surface area contributed by atoms with Crippen LogP contribution in [-0.2, 0) is 6.42 Å². The van der Waals surface area contributed by atoms with Crippen molar-refractivity contribution in [3.05, 3.63) is 57.9 Å². The van der Waals surface area contributed by atoms with Crippen LogP contribution in [0.4, 0.5) is 5.69 Å². The third kappa shape index (κ3) is 3.98. The van der Waals surface area contributed by atoms with Crippen LogP contribution < -0.4 is 10.3 Å². The van der Waals surface area contributed by atoms with Crippen LogP contribution in [0.5, 0.6) is 0 Å². The second-order valence-electron chi connectivity index (χ2n) is 8.96. The van der Waals surface area contributed by atoms with E-state index in [1.165, 1.54) is 25.7 Å². The fraction of sp³-hybridized carbons (Fsp3) is 0.440. The number of hydrogen-bond acceptors (Lipinski definition) is 6. The fourth-order valence-corrected chi connectivity index (χ4v) is 5.77. The number of carbonyl (C=O) groups is 1. The Bertz CT molecular complexity index is 1150. The number of nitrogens with zero attached hydrogens (tertiary/aromatic N) is 4. The van der Waals surface area contributed by atoms with Crippen molar-refractivity contribution in [1.29, 1.82) is 5.26 Å². The number of aliphatic hydroxyl groups excluding tert-OH is 1. The Morgan fingerprint density at radius 3 is 2.79 bits per heavy atom. The smallest absolute Gasteiger partial charge is 0.269 e. The number of aromatic nitrogens is 1. The molecule has 0 bridgehead atoms. The molecular weight excluding hydrogens is 438 g/mol. The lowest BCUT2D eigenvalue weighted by Crippen LogP contribution is -2.40. The normalized spacial score (nSPS) is 21.8. The Balaban J connectivity index is 1.52. The molecule has 2 aromatic rings. The SMILES string of the molecule is N#Cc1ccc(N2N=C3c4ccc(C(=O)NCCO)nc4CCC3C2C2CCCC2)cc1Cl. The van der Waals surface area contributed by atoms with Crippen molar-refractivity contribution in [2.24, 2.45) is 16.9 Å². The van der Waals surface area contributed by atoms with Gasteiger partial charge in [0.05, 0.1) is 40.3 Å². The summed E-state index contributed by atoms with van der Waals surface area (Å²) in [7, 11) is 0. The lowest BCUT2D eigenvalue weighted by Gasteiger charge is -2.34. The number of fused-ring (bicyclic) bond motifs is 3. The van der Waals surface area contributed by atoms with E-state index in [9.17, 15) is 10.1 Å². The van der Waals surface area contributed by atoms with E-state index in [1.807, 2.05) is 18.2 Å². The third-order valence-corrected chi connectivity index (χ3v) is 7.37. The average Bonchev–Trinajstić information content (AvgIpc) is 3.49. The third-order valence-electron chi connectivity index (χ3n) is 7.05. The molecule has 170 valence electrons. The highest BCUT2D eigenvalue weighted by Crippen LogP contribution is 2.44. The summed E-state index contributed by atoms with van der Waals surface area (Å²) in [6, 6.07) is 11.6. The van der Waals surface area contributed by atoms with E-state index in [0.29, 0.717) is 28.1 Å². The minimum Gasteiger partial charge on any atom is -0.395 e. The number of aliphatic hydroxyl groups is 1. The van der Waals surface area contributed by atoms with Gasteiger partial charge in [-0.05, 0) is 61.9 Å². The van der Waals surface area contributed by atoms with E-state index < -0.39 is 0 Å². The van der Waals surface area contributed by atoms with Crippen molar-refractivity contribution in [2.45, 2.75) is 44.6 Å². The molecule has 5 rings (SSSR count). The molecule has 1 aromatic carbocycles. The Kier molecular flexibility index (Phi) is 6.05. The monoisotopic (exact) mass is 463 g/mol. The molecule has 2 heterocycles. The van der Waals surface area contributed by atoms with Gasteiger partial charge in [0, 0.05) is 18.0 Å². The maximum Gasteiger partial charge on any atom is 0.269 e. The number of benzene rings is 1. The van der Waals surface area contributed by atoms with Crippen LogP contribution >= 0.6 is 11.6 Å². The predicted molar refractivity (Wildman–Crippen MR) is 126 cm³/mol. The van der Waals surface area contributed by atoms with Gasteiger partial charge < -0.3 is 10.4 Å². The summed E-state index contributed by atoms with van der Waals surface area (Å²) in [5.41, 5.74) is 4.67. The highest BCUT2D eigenvalue weighted by atomic mass is 35.5. The Morgan fingerprint density at radius 1 is 1.24 bits per heavy atom. The molecule has 2 atom stereocenters. The van der Waals surface area contributed by atoms with Gasteiger partial charge in [-0.1, -0.05) is 24.4 Å². The molecule has 8 heteroatoms. The maximum atomic E-state index is 12.3. The number of rotatable bonds is 5. The molecule has 2 aliphatic carbocycles. The second kappa shape index (κ2) is 9.12. The standard InChI is InChI=1S/C25H26ClN5O2/c26-20-13-17(6-5-16(20)14-27)31-24(15-3-1-2-4-15)19-8-9-21-18(23(19)30-31)7-10-22(29-21)25(33)28-11-12-32/h5-7,10,13,15,19,24,32H,1-4,8-9,11-12H2,(H,28,33). The van der Waals surface area contributed by atoms with Crippen LogP contribution in [0.2, 0.25) is 5.02 Å². The number of amides is 1. The second-order valence-corrected chi connectivity index (χ2v) is 9.36. The van der Waals surface area contributed by atoms with E-state index in [0.717, 1.165) is 35.5 Å². The Labute approximate surface area is 198 Å². The van der Waals surface area contributed by atoms with E-state index in [4.69, 9.17) is 21.8 Å². The van der Waals surface area contributed by atoms with E-state index in [2.05, 4.69) is 21.4 Å². The summed E-state index contributed by atoms with van der Waals surface area (Å²) in [5, 5.41) is 28.6. The highest BCUT2D eigenvalue weighted by molar-refractivity contribution is 6.32. The van der Waals surface area contributed by atoms with Gasteiger partial charge in [0.1, 0.15) is 11.8 Å². The number of hydrazone groups is 1. The molecule has 1 aromatic heterocycles. The van der Waals surface area contributed by atoms with Gasteiger partial charge >= 0.3 is 0 Å². The van der Waals surface area contributed by atoms with Crippen molar-refractivity contribution in [3.8, 4) is 6.07 Å². The molecular formula is C25H26ClN5O2.